The Bertz CT molecular complexity index is 675. The molecule has 0 radical (unpaired) electrons. The minimum absolute atomic E-state index is 0.399. The van der Waals surface area contributed by atoms with Crippen LogP contribution in [0.25, 0.3) is 0 Å². The monoisotopic (exact) mass is 281 g/mol. The fraction of sp³-hybridized carbons (Fsp3) is 0.188. The van der Waals surface area contributed by atoms with Gasteiger partial charge in [-0.1, -0.05) is 6.07 Å². The number of carbonyl (C=O) groups is 1. The van der Waals surface area contributed by atoms with Crippen LogP contribution in [0.3, 0.4) is 0 Å². The summed E-state index contributed by atoms with van der Waals surface area (Å²) in [5.74, 6) is -0.399. The van der Waals surface area contributed by atoms with Crippen molar-refractivity contribution in [2.75, 3.05) is 19.1 Å². The first kappa shape index (κ1) is 14.5. The summed E-state index contributed by atoms with van der Waals surface area (Å²) in [6, 6.07) is 13.0. The molecule has 0 saturated heterocycles. The second-order valence-electron chi connectivity index (χ2n) is 4.55. The highest BCUT2D eigenvalue weighted by Crippen LogP contribution is 2.16. The lowest BCUT2D eigenvalue weighted by atomic mass is 10.2. The Balaban J connectivity index is 2.10. The summed E-state index contributed by atoms with van der Waals surface area (Å²) in [6.07, 6.45) is 1.50. The van der Waals surface area contributed by atoms with E-state index in [1.807, 2.05) is 30.1 Å². The smallest absolute Gasteiger partial charge is 0.339 e. The van der Waals surface area contributed by atoms with Gasteiger partial charge in [-0.2, -0.15) is 5.26 Å². The minimum atomic E-state index is -0.399. The third-order valence-corrected chi connectivity index (χ3v) is 3.06. The summed E-state index contributed by atoms with van der Waals surface area (Å²) >= 11 is 0. The molecule has 0 aliphatic heterocycles. The molecular formula is C16H15N3O2. The van der Waals surface area contributed by atoms with Crippen LogP contribution in [-0.2, 0) is 11.3 Å². The van der Waals surface area contributed by atoms with Gasteiger partial charge in [0.1, 0.15) is 0 Å². The number of hydrogen-bond donors (Lipinski definition) is 0. The van der Waals surface area contributed by atoms with Crippen LogP contribution in [0.15, 0.2) is 42.6 Å². The predicted octanol–water partition coefficient (Wildman–Crippen LogP) is 2.38. The van der Waals surface area contributed by atoms with E-state index in [9.17, 15) is 4.79 Å². The standard InChI is InChI=1S/C16H15N3O2/c1-19(15-5-3-4-12(8-15)9-17)11-14-7-6-13(10-18-14)16(20)21-2/h3-8,10H,11H2,1-2H3. The lowest BCUT2D eigenvalue weighted by molar-refractivity contribution is 0.0600. The number of hydrogen-bond acceptors (Lipinski definition) is 5. The molecule has 1 aromatic heterocycles. The summed E-state index contributed by atoms with van der Waals surface area (Å²) in [5, 5.41) is 8.91. The molecule has 2 rings (SSSR count). The van der Waals surface area contributed by atoms with Crippen LogP contribution < -0.4 is 4.90 Å². The first-order chi connectivity index (χ1) is 10.1. The highest BCUT2D eigenvalue weighted by atomic mass is 16.5. The Labute approximate surface area is 123 Å². The van der Waals surface area contributed by atoms with Crippen LogP contribution in [0.2, 0.25) is 0 Å². The van der Waals surface area contributed by atoms with Crippen molar-refractivity contribution in [2.24, 2.45) is 0 Å². The Hall–Kier alpha value is -2.87. The average Bonchev–Trinajstić information content (AvgIpc) is 2.54. The Morgan fingerprint density at radius 2 is 2.19 bits per heavy atom. The molecule has 106 valence electrons. The highest BCUT2D eigenvalue weighted by molar-refractivity contribution is 5.88. The Morgan fingerprint density at radius 3 is 2.81 bits per heavy atom. The van der Waals surface area contributed by atoms with Crippen LogP contribution in [0.4, 0.5) is 5.69 Å². The fourth-order valence-corrected chi connectivity index (χ4v) is 1.90. The number of rotatable bonds is 4. The number of carbonyl (C=O) groups excluding carboxylic acids is 1. The SMILES string of the molecule is COC(=O)c1ccc(CN(C)c2cccc(C#N)c2)nc1. The normalized spacial score (nSPS) is 9.76. The molecule has 0 aliphatic carbocycles. The zero-order chi connectivity index (χ0) is 15.2. The van der Waals surface area contributed by atoms with Gasteiger partial charge in [-0.25, -0.2) is 4.79 Å². The first-order valence-corrected chi connectivity index (χ1v) is 6.38. The number of methoxy groups -OCH3 is 1. The molecule has 0 aliphatic rings. The number of aromatic nitrogens is 1. The number of anilines is 1. The Morgan fingerprint density at radius 1 is 1.38 bits per heavy atom. The van der Waals surface area contributed by atoms with Crippen LogP contribution in [0.1, 0.15) is 21.6 Å². The quantitative estimate of drug-likeness (QED) is 0.805. The summed E-state index contributed by atoms with van der Waals surface area (Å²) in [4.78, 5) is 17.6. The van der Waals surface area contributed by atoms with Gasteiger partial charge >= 0.3 is 5.97 Å². The van der Waals surface area contributed by atoms with Gasteiger partial charge in [-0.05, 0) is 30.3 Å². The summed E-state index contributed by atoms with van der Waals surface area (Å²) < 4.78 is 4.63. The maximum Gasteiger partial charge on any atom is 0.339 e. The average molecular weight is 281 g/mol. The molecular weight excluding hydrogens is 266 g/mol. The topological polar surface area (TPSA) is 66.2 Å². The fourth-order valence-electron chi connectivity index (χ4n) is 1.90. The van der Waals surface area contributed by atoms with E-state index in [4.69, 9.17) is 5.26 Å². The molecule has 21 heavy (non-hydrogen) atoms. The van der Waals surface area contributed by atoms with E-state index in [1.54, 1.807) is 18.2 Å². The van der Waals surface area contributed by atoms with E-state index < -0.39 is 5.97 Å². The number of nitrogens with zero attached hydrogens (tertiary/aromatic N) is 3. The number of benzene rings is 1. The molecule has 2 aromatic rings. The second kappa shape index (κ2) is 6.53. The summed E-state index contributed by atoms with van der Waals surface area (Å²) in [7, 11) is 3.26. The van der Waals surface area contributed by atoms with Gasteiger partial charge in [-0.3, -0.25) is 4.98 Å². The predicted molar refractivity (Wildman–Crippen MR) is 78.8 cm³/mol. The largest absolute Gasteiger partial charge is 0.465 e. The molecule has 5 heteroatoms. The van der Waals surface area contributed by atoms with E-state index in [-0.39, 0.29) is 0 Å². The molecule has 1 aromatic carbocycles. The molecule has 5 nitrogen and oxygen atoms in total. The maximum atomic E-state index is 11.3. The zero-order valence-corrected chi connectivity index (χ0v) is 11.9. The van der Waals surface area contributed by atoms with Crippen LogP contribution in [0, 0.1) is 11.3 Å². The minimum Gasteiger partial charge on any atom is -0.465 e. The van der Waals surface area contributed by atoms with Gasteiger partial charge in [0.15, 0.2) is 0 Å². The van der Waals surface area contributed by atoms with Crippen molar-refractivity contribution < 1.29 is 9.53 Å². The molecule has 0 fully saturated rings. The van der Waals surface area contributed by atoms with E-state index in [2.05, 4.69) is 15.8 Å². The van der Waals surface area contributed by atoms with Crippen LogP contribution in [0.5, 0.6) is 0 Å². The van der Waals surface area contributed by atoms with Gasteiger partial charge < -0.3 is 9.64 Å². The van der Waals surface area contributed by atoms with Crippen molar-refractivity contribution in [1.82, 2.24) is 4.98 Å². The second-order valence-corrected chi connectivity index (χ2v) is 4.55. The molecule has 0 unspecified atom stereocenters. The van der Waals surface area contributed by atoms with Gasteiger partial charge in [0.2, 0.25) is 0 Å². The Kier molecular flexibility index (Phi) is 4.52. The van der Waals surface area contributed by atoms with Crippen molar-refractivity contribution >= 4 is 11.7 Å². The molecule has 0 spiro atoms. The van der Waals surface area contributed by atoms with Gasteiger partial charge in [-0.15, -0.1) is 0 Å². The van der Waals surface area contributed by atoms with Crippen molar-refractivity contribution in [2.45, 2.75) is 6.54 Å². The van der Waals surface area contributed by atoms with E-state index in [0.29, 0.717) is 17.7 Å². The molecule has 0 amide bonds. The van der Waals surface area contributed by atoms with Gasteiger partial charge in [0.25, 0.3) is 0 Å². The van der Waals surface area contributed by atoms with Crippen molar-refractivity contribution in [3.05, 3.63) is 59.4 Å². The van der Waals surface area contributed by atoms with Gasteiger partial charge in [0, 0.05) is 18.9 Å². The van der Waals surface area contributed by atoms with E-state index >= 15 is 0 Å². The third kappa shape index (κ3) is 3.57. The maximum absolute atomic E-state index is 11.3. The zero-order valence-electron chi connectivity index (χ0n) is 11.9. The molecule has 0 saturated carbocycles. The number of nitriles is 1. The van der Waals surface area contributed by atoms with Crippen LogP contribution >= 0.6 is 0 Å². The van der Waals surface area contributed by atoms with Gasteiger partial charge in [0.05, 0.1) is 36.5 Å². The number of ether oxygens (including phenoxy) is 1. The number of esters is 1. The third-order valence-electron chi connectivity index (χ3n) is 3.06. The molecule has 0 N–H and O–H groups in total. The van der Waals surface area contributed by atoms with Crippen molar-refractivity contribution in [3.63, 3.8) is 0 Å². The lowest BCUT2D eigenvalue weighted by Gasteiger charge is -2.19. The highest BCUT2D eigenvalue weighted by Gasteiger charge is 2.07. The first-order valence-electron chi connectivity index (χ1n) is 6.38. The molecule has 0 bridgehead atoms. The van der Waals surface area contributed by atoms with Crippen molar-refractivity contribution in [3.8, 4) is 6.07 Å². The lowest BCUT2D eigenvalue weighted by Crippen LogP contribution is -2.17. The summed E-state index contributed by atoms with van der Waals surface area (Å²) in [6.45, 7) is 0.580. The van der Waals surface area contributed by atoms with E-state index in [1.165, 1.54) is 13.3 Å². The van der Waals surface area contributed by atoms with Crippen LogP contribution in [-0.4, -0.2) is 25.1 Å². The summed E-state index contributed by atoms with van der Waals surface area (Å²) in [5.41, 5.74) is 2.81. The molecule has 1 heterocycles. The van der Waals surface area contributed by atoms with E-state index in [0.717, 1.165) is 11.4 Å². The molecule has 0 atom stereocenters. The van der Waals surface area contributed by atoms with Crippen molar-refractivity contribution in [1.29, 1.82) is 5.26 Å². The number of pyridine rings is 1.